The van der Waals surface area contributed by atoms with E-state index in [4.69, 9.17) is 4.42 Å². The van der Waals surface area contributed by atoms with Gasteiger partial charge in [0.05, 0.1) is 12.2 Å². The van der Waals surface area contributed by atoms with Gasteiger partial charge in [-0.25, -0.2) is 0 Å². The second kappa shape index (κ2) is 4.54. The first-order valence-electron chi connectivity index (χ1n) is 5.28. The number of rotatable bonds is 5. The van der Waals surface area contributed by atoms with E-state index in [9.17, 15) is 20.0 Å². The molecule has 1 aromatic rings. The average Bonchev–Trinajstić information content (AvgIpc) is 3.02. The zero-order valence-electron chi connectivity index (χ0n) is 8.96. The van der Waals surface area contributed by atoms with Crippen LogP contribution in [0.15, 0.2) is 16.5 Å². The molecule has 1 atom stereocenters. The first kappa shape index (κ1) is 11.6. The Morgan fingerprint density at radius 1 is 1.65 bits per heavy atom. The summed E-state index contributed by atoms with van der Waals surface area (Å²) in [7, 11) is 0. The van der Waals surface area contributed by atoms with E-state index in [1.54, 1.807) is 0 Å². The number of aliphatic hydroxyl groups excluding tert-OH is 1. The van der Waals surface area contributed by atoms with Crippen LogP contribution in [0.4, 0.5) is 5.88 Å². The number of nitrogens with zero attached hydrogens (tertiary/aromatic N) is 1. The van der Waals surface area contributed by atoms with Crippen LogP contribution in [0.3, 0.4) is 0 Å². The lowest BCUT2D eigenvalue weighted by Crippen LogP contribution is -2.32. The van der Waals surface area contributed by atoms with Crippen molar-refractivity contribution in [3.8, 4) is 0 Å². The second-order valence-corrected chi connectivity index (χ2v) is 4.01. The Hall–Kier alpha value is -1.89. The van der Waals surface area contributed by atoms with E-state index in [1.165, 1.54) is 6.07 Å². The van der Waals surface area contributed by atoms with Crippen molar-refractivity contribution in [1.29, 1.82) is 0 Å². The normalized spacial score (nSPS) is 16.5. The molecule has 7 nitrogen and oxygen atoms in total. The van der Waals surface area contributed by atoms with Crippen molar-refractivity contribution in [3.05, 3.63) is 28.0 Å². The summed E-state index contributed by atoms with van der Waals surface area (Å²) in [5.41, 5.74) is 0. The lowest BCUT2D eigenvalue weighted by Gasteiger charge is -2.08. The maximum atomic E-state index is 11.5. The van der Waals surface area contributed by atoms with Gasteiger partial charge in [-0.05, 0) is 24.8 Å². The molecule has 1 amide bonds. The van der Waals surface area contributed by atoms with Crippen LogP contribution >= 0.6 is 0 Å². The van der Waals surface area contributed by atoms with Crippen molar-refractivity contribution < 1.29 is 19.2 Å². The summed E-state index contributed by atoms with van der Waals surface area (Å²) in [6, 6.07) is 2.35. The van der Waals surface area contributed by atoms with Crippen LogP contribution in [0, 0.1) is 16.0 Å². The highest BCUT2D eigenvalue weighted by Gasteiger charge is 2.30. The molecule has 0 radical (unpaired) electrons. The third-order valence-corrected chi connectivity index (χ3v) is 2.63. The third kappa shape index (κ3) is 2.82. The van der Waals surface area contributed by atoms with Crippen molar-refractivity contribution in [2.75, 3.05) is 6.54 Å². The maximum Gasteiger partial charge on any atom is 0.433 e. The minimum absolute atomic E-state index is 0.125. The summed E-state index contributed by atoms with van der Waals surface area (Å²) in [5.74, 6) is -0.892. The average molecular weight is 240 g/mol. The highest BCUT2D eigenvalue weighted by molar-refractivity contribution is 5.91. The molecule has 2 rings (SSSR count). The Morgan fingerprint density at radius 2 is 2.35 bits per heavy atom. The minimum atomic E-state index is -0.712. The zero-order valence-corrected chi connectivity index (χ0v) is 8.96. The lowest BCUT2D eigenvalue weighted by atomic mass is 10.2. The van der Waals surface area contributed by atoms with Crippen LogP contribution in [-0.4, -0.2) is 28.6 Å². The molecule has 1 saturated carbocycles. The number of carbonyl (C=O) groups excluding carboxylic acids is 1. The molecule has 1 aliphatic carbocycles. The molecule has 0 saturated heterocycles. The standard InChI is InChI=1S/C10H12N2O5/c13-7(6-1-2-6)5-11-10(14)8-3-4-9(17-8)12(15)16/h3-4,6-7,13H,1-2,5H2,(H,11,14). The second-order valence-electron chi connectivity index (χ2n) is 4.01. The van der Waals surface area contributed by atoms with Crippen LogP contribution in [0.5, 0.6) is 0 Å². The van der Waals surface area contributed by atoms with Gasteiger partial charge in [-0.15, -0.1) is 0 Å². The van der Waals surface area contributed by atoms with Gasteiger partial charge in [-0.2, -0.15) is 0 Å². The van der Waals surface area contributed by atoms with E-state index in [1.807, 2.05) is 0 Å². The van der Waals surface area contributed by atoms with Gasteiger partial charge < -0.3 is 14.8 Å². The van der Waals surface area contributed by atoms with Gasteiger partial charge in [-0.1, -0.05) is 0 Å². The van der Waals surface area contributed by atoms with Crippen LogP contribution < -0.4 is 5.32 Å². The molecule has 1 heterocycles. The maximum absolute atomic E-state index is 11.5. The smallest absolute Gasteiger partial charge is 0.395 e. The van der Waals surface area contributed by atoms with Crippen LogP contribution in [0.2, 0.25) is 0 Å². The van der Waals surface area contributed by atoms with Crippen molar-refractivity contribution >= 4 is 11.8 Å². The van der Waals surface area contributed by atoms with Crippen molar-refractivity contribution in [2.24, 2.45) is 5.92 Å². The van der Waals surface area contributed by atoms with E-state index >= 15 is 0 Å². The van der Waals surface area contributed by atoms with Crippen molar-refractivity contribution in [3.63, 3.8) is 0 Å². The van der Waals surface area contributed by atoms with Gasteiger partial charge in [0.25, 0.3) is 5.91 Å². The number of aliphatic hydroxyl groups is 1. The summed E-state index contributed by atoms with van der Waals surface area (Å²) >= 11 is 0. The van der Waals surface area contributed by atoms with Crippen molar-refractivity contribution in [1.82, 2.24) is 5.32 Å². The molecule has 1 unspecified atom stereocenters. The largest absolute Gasteiger partial charge is 0.433 e. The molecule has 1 aromatic heterocycles. The Bertz CT molecular complexity index is 438. The number of nitrogens with one attached hydrogen (secondary N) is 1. The lowest BCUT2D eigenvalue weighted by molar-refractivity contribution is -0.402. The molecule has 0 bridgehead atoms. The molecular weight excluding hydrogens is 228 g/mol. The first-order chi connectivity index (χ1) is 8.08. The van der Waals surface area contributed by atoms with E-state index in [0.29, 0.717) is 0 Å². The Balaban J connectivity index is 1.87. The Morgan fingerprint density at radius 3 is 2.88 bits per heavy atom. The van der Waals surface area contributed by atoms with E-state index in [2.05, 4.69) is 5.32 Å². The molecule has 0 aliphatic heterocycles. The number of hydrogen-bond acceptors (Lipinski definition) is 5. The molecule has 92 valence electrons. The molecule has 0 spiro atoms. The first-order valence-corrected chi connectivity index (χ1v) is 5.28. The highest BCUT2D eigenvalue weighted by atomic mass is 16.6. The molecule has 0 aromatic carbocycles. The fourth-order valence-electron chi connectivity index (χ4n) is 1.48. The zero-order chi connectivity index (χ0) is 12.4. The topological polar surface area (TPSA) is 106 Å². The van der Waals surface area contributed by atoms with Crippen LogP contribution in [0.25, 0.3) is 0 Å². The molecule has 17 heavy (non-hydrogen) atoms. The van der Waals surface area contributed by atoms with Gasteiger partial charge >= 0.3 is 5.88 Å². The highest BCUT2D eigenvalue weighted by Crippen LogP contribution is 2.32. The fraction of sp³-hybridized carbons (Fsp3) is 0.500. The van der Waals surface area contributed by atoms with Crippen molar-refractivity contribution in [2.45, 2.75) is 18.9 Å². The van der Waals surface area contributed by atoms with Crippen LogP contribution in [0.1, 0.15) is 23.4 Å². The van der Waals surface area contributed by atoms with E-state index in [-0.39, 0.29) is 18.2 Å². The van der Waals surface area contributed by atoms with E-state index < -0.39 is 22.8 Å². The summed E-state index contributed by atoms with van der Waals surface area (Å²) in [6.07, 6.45) is 1.40. The predicted molar refractivity (Wildman–Crippen MR) is 56.4 cm³/mol. The predicted octanol–water partition coefficient (Wildman–Crippen LogP) is 0.688. The summed E-state index contributed by atoms with van der Waals surface area (Å²) in [6.45, 7) is 0.137. The number of amides is 1. The summed E-state index contributed by atoms with van der Waals surface area (Å²) in [5, 5.41) is 22.3. The van der Waals surface area contributed by atoms with Gasteiger partial charge in [-0.3, -0.25) is 14.9 Å². The SMILES string of the molecule is O=C(NCC(O)C1CC1)c1ccc([N+](=O)[O-])o1. The fourth-order valence-corrected chi connectivity index (χ4v) is 1.48. The molecule has 7 heteroatoms. The van der Waals surface area contributed by atoms with Gasteiger partial charge in [0.1, 0.15) is 4.92 Å². The number of carbonyl (C=O) groups is 1. The molecule has 2 N–H and O–H groups in total. The number of hydrogen-bond donors (Lipinski definition) is 2. The van der Waals surface area contributed by atoms with Crippen LogP contribution in [-0.2, 0) is 0 Å². The van der Waals surface area contributed by atoms with Gasteiger partial charge in [0, 0.05) is 6.54 Å². The third-order valence-electron chi connectivity index (χ3n) is 2.63. The molecule has 1 fully saturated rings. The van der Waals surface area contributed by atoms with Gasteiger partial charge in [0.2, 0.25) is 0 Å². The minimum Gasteiger partial charge on any atom is -0.395 e. The number of nitro groups is 1. The summed E-state index contributed by atoms with van der Waals surface area (Å²) in [4.78, 5) is 21.1. The van der Waals surface area contributed by atoms with E-state index in [0.717, 1.165) is 18.9 Å². The molecular formula is C10H12N2O5. The Labute approximate surface area is 96.6 Å². The molecule has 1 aliphatic rings. The quantitative estimate of drug-likeness (QED) is 0.581. The van der Waals surface area contributed by atoms with Gasteiger partial charge in [0.15, 0.2) is 5.76 Å². The number of furan rings is 1. The summed E-state index contributed by atoms with van der Waals surface area (Å²) < 4.78 is 4.72. The Kier molecular flexibility index (Phi) is 3.10. The monoisotopic (exact) mass is 240 g/mol.